The molecule has 1 aromatic carbocycles. The van der Waals surface area contributed by atoms with Crippen LogP contribution in [0.5, 0.6) is 0 Å². The number of hydrogen-bond acceptors (Lipinski definition) is 5. The van der Waals surface area contributed by atoms with Gasteiger partial charge in [0.2, 0.25) is 6.61 Å². The second kappa shape index (κ2) is 7.30. The molecule has 0 aliphatic heterocycles. The van der Waals surface area contributed by atoms with Crippen LogP contribution in [0.3, 0.4) is 0 Å². The first kappa shape index (κ1) is 14.0. The number of nitriles is 1. The molecular formula is C12H11ClN2O3. The summed E-state index contributed by atoms with van der Waals surface area (Å²) in [5, 5.41) is 13.0. The maximum absolute atomic E-state index is 11.0. The van der Waals surface area contributed by atoms with E-state index in [-0.39, 0.29) is 18.9 Å². The van der Waals surface area contributed by atoms with Crippen molar-refractivity contribution in [2.75, 3.05) is 13.2 Å². The highest BCUT2D eigenvalue weighted by Gasteiger charge is 2.05. The number of hydrogen-bond donors (Lipinski definition) is 0. The zero-order valence-electron chi connectivity index (χ0n) is 9.72. The molecule has 0 spiro atoms. The first-order valence-electron chi connectivity index (χ1n) is 5.19. The minimum Gasteiger partial charge on any atom is -0.463 e. The van der Waals surface area contributed by atoms with Gasteiger partial charge >= 0.3 is 5.97 Å². The molecule has 0 aliphatic carbocycles. The summed E-state index contributed by atoms with van der Waals surface area (Å²) in [6.07, 6.45) is 0. The third-order valence-electron chi connectivity index (χ3n) is 1.87. The number of rotatable bonds is 5. The number of benzene rings is 1. The number of carbonyl (C=O) groups is 1. The van der Waals surface area contributed by atoms with Crippen molar-refractivity contribution >= 4 is 23.3 Å². The zero-order chi connectivity index (χ0) is 13.4. The first-order valence-corrected chi connectivity index (χ1v) is 5.56. The van der Waals surface area contributed by atoms with Crippen molar-refractivity contribution in [3.05, 3.63) is 34.9 Å². The highest BCUT2D eigenvalue weighted by atomic mass is 35.5. The molecule has 0 saturated carbocycles. The predicted molar refractivity (Wildman–Crippen MR) is 66.2 cm³/mol. The van der Waals surface area contributed by atoms with E-state index in [1.54, 1.807) is 31.2 Å². The van der Waals surface area contributed by atoms with Gasteiger partial charge in [-0.3, -0.25) is 0 Å². The number of ether oxygens (including phenoxy) is 1. The van der Waals surface area contributed by atoms with E-state index < -0.39 is 5.97 Å². The Kier molecular flexibility index (Phi) is 5.68. The van der Waals surface area contributed by atoms with Gasteiger partial charge in [0.15, 0.2) is 5.71 Å². The molecule has 0 atom stereocenters. The summed E-state index contributed by atoms with van der Waals surface area (Å²) in [5.41, 5.74) is 0.627. The lowest BCUT2D eigenvalue weighted by molar-refractivity contribution is -0.148. The van der Waals surface area contributed by atoms with Crippen molar-refractivity contribution in [2.24, 2.45) is 5.16 Å². The van der Waals surface area contributed by atoms with Gasteiger partial charge in [0.1, 0.15) is 6.07 Å². The smallest absolute Gasteiger partial charge is 0.347 e. The molecule has 5 nitrogen and oxygen atoms in total. The largest absolute Gasteiger partial charge is 0.463 e. The van der Waals surface area contributed by atoms with Gasteiger partial charge in [-0.15, -0.1) is 0 Å². The summed E-state index contributed by atoms with van der Waals surface area (Å²) in [4.78, 5) is 15.7. The predicted octanol–water partition coefficient (Wildman–Crippen LogP) is 2.15. The zero-order valence-corrected chi connectivity index (χ0v) is 10.5. The van der Waals surface area contributed by atoms with Crippen molar-refractivity contribution in [1.82, 2.24) is 0 Å². The highest BCUT2D eigenvalue weighted by molar-refractivity contribution is 6.30. The fraction of sp³-hybridized carbons (Fsp3) is 0.250. The van der Waals surface area contributed by atoms with E-state index in [9.17, 15) is 4.79 Å². The molecule has 6 heteroatoms. The summed E-state index contributed by atoms with van der Waals surface area (Å²) in [7, 11) is 0. The number of oxime groups is 1. The van der Waals surface area contributed by atoms with Crippen LogP contribution in [0.1, 0.15) is 12.5 Å². The second-order valence-corrected chi connectivity index (χ2v) is 3.57. The van der Waals surface area contributed by atoms with Gasteiger partial charge in [0.05, 0.1) is 6.61 Å². The van der Waals surface area contributed by atoms with E-state index in [1.165, 1.54) is 0 Å². The van der Waals surface area contributed by atoms with Crippen LogP contribution in [0.15, 0.2) is 29.4 Å². The quantitative estimate of drug-likeness (QED) is 0.465. The summed E-state index contributed by atoms with van der Waals surface area (Å²) >= 11 is 5.72. The van der Waals surface area contributed by atoms with Crippen molar-refractivity contribution in [2.45, 2.75) is 6.92 Å². The minimum atomic E-state index is -0.533. The lowest BCUT2D eigenvalue weighted by Gasteiger charge is -2.01. The monoisotopic (exact) mass is 266 g/mol. The summed E-state index contributed by atoms with van der Waals surface area (Å²) in [5.74, 6) is -0.533. The summed E-state index contributed by atoms with van der Waals surface area (Å²) < 4.78 is 4.65. The van der Waals surface area contributed by atoms with Crippen LogP contribution in [-0.2, 0) is 14.4 Å². The topological polar surface area (TPSA) is 71.7 Å². The number of esters is 1. The van der Waals surface area contributed by atoms with Gasteiger partial charge < -0.3 is 9.57 Å². The molecule has 0 amide bonds. The molecule has 1 rings (SSSR count). The Morgan fingerprint density at radius 2 is 2.11 bits per heavy atom. The van der Waals surface area contributed by atoms with Crippen molar-refractivity contribution in [3.63, 3.8) is 0 Å². The van der Waals surface area contributed by atoms with Crippen LogP contribution < -0.4 is 0 Å². The van der Waals surface area contributed by atoms with Crippen LogP contribution in [0.4, 0.5) is 0 Å². The Morgan fingerprint density at radius 3 is 2.67 bits per heavy atom. The number of halogens is 1. The van der Waals surface area contributed by atoms with E-state index in [1.807, 2.05) is 6.07 Å². The fourth-order valence-corrected chi connectivity index (χ4v) is 1.22. The van der Waals surface area contributed by atoms with Gasteiger partial charge in [-0.25, -0.2) is 4.79 Å². The van der Waals surface area contributed by atoms with Crippen molar-refractivity contribution < 1.29 is 14.4 Å². The van der Waals surface area contributed by atoms with Gasteiger partial charge in [-0.05, 0) is 19.1 Å². The Labute approximate surface area is 110 Å². The molecule has 0 aliphatic rings. The lowest BCUT2D eigenvalue weighted by Crippen LogP contribution is -2.11. The van der Waals surface area contributed by atoms with Crippen LogP contribution in [0.2, 0.25) is 5.02 Å². The SMILES string of the molecule is CCOC(=O)CO/N=C(\C#N)c1ccc(Cl)cc1. The van der Waals surface area contributed by atoms with Crippen LogP contribution in [-0.4, -0.2) is 24.9 Å². The number of nitrogens with zero attached hydrogens (tertiary/aromatic N) is 2. The molecule has 94 valence electrons. The van der Waals surface area contributed by atoms with Crippen LogP contribution in [0, 0.1) is 11.3 Å². The normalized spacial score (nSPS) is 10.6. The Hall–Kier alpha value is -2.06. The van der Waals surface area contributed by atoms with E-state index in [2.05, 4.69) is 9.89 Å². The van der Waals surface area contributed by atoms with E-state index in [4.69, 9.17) is 21.7 Å². The number of carbonyl (C=O) groups excluding carboxylic acids is 1. The Balaban J connectivity index is 2.64. The Bertz CT molecular complexity index is 477. The third kappa shape index (κ3) is 4.44. The average molecular weight is 267 g/mol. The van der Waals surface area contributed by atoms with Gasteiger partial charge in [-0.2, -0.15) is 5.26 Å². The maximum atomic E-state index is 11.0. The molecule has 0 radical (unpaired) electrons. The first-order chi connectivity index (χ1) is 8.67. The second-order valence-electron chi connectivity index (χ2n) is 3.14. The van der Waals surface area contributed by atoms with E-state index in [0.29, 0.717) is 10.6 Å². The maximum Gasteiger partial charge on any atom is 0.347 e. The van der Waals surface area contributed by atoms with E-state index >= 15 is 0 Å². The molecule has 1 aromatic rings. The molecule has 0 N–H and O–H groups in total. The molecule has 0 aromatic heterocycles. The van der Waals surface area contributed by atoms with Gasteiger partial charge in [-0.1, -0.05) is 28.9 Å². The molecule has 18 heavy (non-hydrogen) atoms. The fourth-order valence-electron chi connectivity index (χ4n) is 1.10. The van der Waals surface area contributed by atoms with Crippen LogP contribution in [0.25, 0.3) is 0 Å². The minimum absolute atomic E-state index is 0.0657. The highest BCUT2D eigenvalue weighted by Crippen LogP contribution is 2.10. The molecule has 0 unspecified atom stereocenters. The van der Waals surface area contributed by atoms with Crippen molar-refractivity contribution in [3.8, 4) is 6.07 Å². The van der Waals surface area contributed by atoms with Crippen molar-refractivity contribution in [1.29, 1.82) is 5.26 Å². The standard InChI is InChI=1S/C12H11ClN2O3/c1-2-17-12(16)8-18-15-11(7-14)9-3-5-10(13)6-4-9/h3-6H,2,8H2,1H3/b15-11+. The third-order valence-corrected chi connectivity index (χ3v) is 2.12. The molecule has 0 heterocycles. The van der Waals surface area contributed by atoms with E-state index in [0.717, 1.165) is 0 Å². The average Bonchev–Trinajstić information content (AvgIpc) is 2.36. The van der Waals surface area contributed by atoms with Crippen LogP contribution >= 0.6 is 11.6 Å². The molecular weight excluding hydrogens is 256 g/mol. The molecule has 0 fully saturated rings. The Morgan fingerprint density at radius 1 is 1.44 bits per heavy atom. The molecule has 0 saturated heterocycles. The van der Waals surface area contributed by atoms with Gasteiger partial charge in [0.25, 0.3) is 0 Å². The molecule has 0 bridgehead atoms. The van der Waals surface area contributed by atoms with Gasteiger partial charge in [0, 0.05) is 10.6 Å². The summed E-state index contributed by atoms with van der Waals surface area (Å²) in [6, 6.07) is 8.42. The summed E-state index contributed by atoms with van der Waals surface area (Å²) in [6.45, 7) is 1.64. The lowest BCUT2D eigenvalue weighted by atomic mass is 10.1.